The predicted octanol–water partition coefficient (Wildman–Crippen LogP) is 6.24. The largest absolute Gasteiger partial charge is 0.378 e. The Morgan fingerprint density at radius 2 is 1.89 bits per heavy atom. The third-order valence-electron chi connectivity index (χ3n) is 2.99. The van der Waals surface area contributed by atoms with Crippen molar-refractivity contribution in [3.63, 3.8) is 0 Å². The summed E-state index contributed by atoms with van der Waals surface area (Å²) in [5.41, 5.74) is 3.28. The van der Waals surface area contributed by atoms with E-state index in [1.54, 1.807) is 6.07 Å². The molecule has 0 aliphatic carbocycles. The molecular formula is C15H14BrCl2N. The maximum Gasteiger partial charge on any atom is 0.0500 e. The van der Waals surface area contributed by atoms with Gasteiger partial charge in [-0.1, -0.05) is 41.4 Å². The molecule has 0 bridgehead atoms. The first-order valence-corrected chi connectivity index (χ1v) is 7.50. The Kier molecular flexibility index (Phi) is 4.77. The van der Waals surface area contributed by atoms with E-state index in [0.29, 0.717) is 10.0 Å². The highest BCUT2D eigenvalue weighted by atomic mass is 79.9. The summed E-state index contributed by atoms with van der Waals surface area (Å²) < 4.78 is 1.08. The average molecular weight is 359 g/mol. The molecule has 1 N–H and O–H groups in total. The maximum absolute atomic E-state index is 6.23. The molecule has 0 amide bonds. The Hall–Kier alpha value is -0.700. The summed E-state index contributed by atoms with van der Waals surface area (Å²) in [5, 5.41) is 4.78. The highest BCUT2D eigenvalue weighted by Gasteiger charge is 2.11. The van der Waals surface area contributed by atoms with E-state index in [1.165, 1.54) is 5.56 Å². The van der Waals surface area contributed by atoms with Crippen LogP contribution in [0.4, 0.5) is 5.69 Å². The lowest BCUT2D eigenvalue weighted by molar-refractivity contribution is 0.883. The van der Waals surface area contributed by atoms with Gasteiger partial charge in [0.2, 0.25) is 0 Å². The van der Waals surface area contributed by atoms with Gasteiger partial charge in [0.15, 0.2) is 0 Å². The van der Waals surface area contributed by atoms with Gasteiger partial charge in [0, 0.05) is 20.2 Å². The Morgan fingerprint density at radius 1 is 1.16 bits per heavy atom. The number of anilines is 1. The second kappa shape index (κ2) is 6.17. The summed E-state index contributed by atoms with van der Waals surface area (Å²) in [7, 11) is 0. The molecule has 0 fully saturated rings. The van der Waals surface area contributed by atoms with Crippen molar-refractivity contribution in [2.75, 3.05) is 5.32 Å². The van der Waals surface area contributed by atoms with Gasteiger partial charge in [0.05, 0.1) is 6.04 Å². The Bertz CT molecular complexity index is 599. The van der Waals surface area contributed by atoms with E-state index >= 15 is 0 Å². The van der Waals surface area contributed by atoms with Crippen LogP contribution in [0.5, 0.6) is 0 Å². The minimum Gasteiger partial charge on any atom is -0.378 e. The van der Waals surface area contributed by atoms with Crippen molar-refractivity contribution in [1.82, 2.24) is 0 Å². The molecule has 1 unspecified atom stereocenters. The standard InChI is InChI=1S/C15H14BrCl2N/c1-9-4-3-5-14(15(9)16)19-10(2)12-7-6-11(17)8-13(12)18/h3-8,10,19H,1-2H3. The Labute approximate surface area is 132 Å². The van der Waals surface area contributed by atoms with E-state index in [1.807, 2.05) is 24.3 Å². The van der Waals surface area contributed by atoms with Crippen LogP contribution in [0.25, 0.3) is 0 Å². The van der Waals surface area contributed by atoms with Gasteiger partial charge >= 0.3 is 0 Å². The van der Waals surface area contributed by atoms with Crippen molar-refractivity contribution in [1.29, 1.82) is 0 Å². The molecule has 0 aliphatic heterocycles. The molecule has 0 radical (unpaired) electrons. The topological polar surface area (TPSA) is 12.0 Å². The summed E-state index contributed by atoms with van der Waals surface area (Å²) in [4.78, 5) is 0. The van der Waals surface area contributed by atoms with Gasteiger partial charge in [-0.15, -0.1) is 0 Å². The summed E-state index contributed by atoms with van der Waals surface area (Å²) in [6, 6.07) is 11.8. The van der Waals surface area contributed by atoms with Crippen molar-refractivity contribution in [2.24, 2.45) is 0 Å². The molecule has 0 aromatic heterocycles. The van der Waals surface area contributed by atoms with E-state index in [2.05, 4.69) is 41.2 Å². The molecule has 100 valence electrons. The summed E-state index contributed by atoms with van der Waals surface area (Å²) >= 11 is 15.7. The summed E-state index contributed by atoms with van der Waals surface area (Å²) in [6.45, 7) is 4.14. The molecule has 0 saturated carbocycles. The van der Waals surface area contributed by atoms with Gasteiger partial charge in [0.25, 0.3) is 0 Å². The van der Waals surface area contributed by atoms with Gasteiger partial charge in [-0.05, 0) is 59.1 Å². The molecule has 19 heavy (non-hydrogen) atoms. The molecule has 1 nitrogen and oxygen atoms in total. The van der Waals surface area contributed by atoms with Gasteiger partial charge < -0.3 is 5.32 Å². The van der Waals surface area contributed by atoms with Gasteiger partial charge in [-0.25, -0.2) is 0 Å². The number of nitrogens with one attached hydrogen (secondary N) is 1. The second-order valence-electron chi connectivity index (χ2n) is 4.47. The highest BCUT2D eigenvalue weighted by Crippen LogP contribution is 2.32. The van der Waals surface area contributed by atoms with Crippen molar-refractivity contribution in [2.45, 2.75) is 19.9 Å². The molecule has 0 spiro atoms. The smallest absolute Gasteiger partial charge is 0.0500 e. The van der Waals surface area contributed by atoms with Crippen molar-refractivity contribution in [3.05, 3.63) is 62.0 Å². The minimum atomic E-state index is 0.0999. The van der Waals surface area contributed by atoms with Crippen LogP contribution in [0.15, 0.2) is 40.9 Å². The van der Waals surface area contributed by atoms with Gasteiger partial charge in [-0.3, -0.25) is 0 Å². The molecule has 2 aromatic rings. The number of hydrogen-bond donors (Lipinski definition) is 1. The van der Waals surface area contributed by atoms with Crippen LogP contribution in [0.1, 0.15) is 24.1 Å². The van der Waals surface area contributed by atoms with Crippen molar-refractivity contribution in [3.8, 4) is 0 Å². The monoisotopic (exact) mass is 357 g/mol. The average Bonchev–Trinajstić information content (AvgIpc) is 2.34. The lowest BCUT2D eigenvalue weighted by Gasteiger charge is -2.19. The predicted molar refractivity (Wildman–Crippen MR) is 87.4 cm³/mol. The molecule has 2 rings (SSSR count). The molecule has 2 aromatic carbocycles. The van der Waals surface area contributed by atoms with E-state index in [4.69, 9.17) is 23.2 Å². The molecule has 1 atom stereocenters. The van der Waals surface area contributed by atoms with E-state index in [0.717, 1.165) is 15.7 Å². The number of rotatable bonds is 3. The number of hydrogen-bond acceptors (Lipinski definition) is 1. The Morgan fingerprint density at radius 3 is 2.58 bits per heavy atom. The zero-order valence-corrected chi connectivity index (χ0v) is 13.8. The molecule has 0 saturated heterocycles. The third-order valence-corrected chi connectivity index (χ3v) is 4.61. The van der Waals surface area contributed by atoms with Gasteiger partial charge in [-0.2, -0.15) is 0 Å². The summed E-state index contributed by atoms with van der Waals surface area (Å²) in [5.74, 6) is 0. The van der Waals surface area contributed by atoms with Crippen molar-refractivity contribution >= 4 is 44.8 Å². The van der Waals surface area contributed by atoms with Crippen LogP contribution in [0, 0.1) is 6.92 Å². The first-order valence-electron chi connectivity index (χ1n) is 5.95. The second-order valence-corrected chi connectivity index (χ2v) is 6.10. The van der Waals surface area contributed by atoms with Crippen LogP contribution < -0.4 is 5.32 Å². The molecule has 0 aliphatic rings. The lowest BCUT2D eigenvalue weighted by Crippen LogP contribution is -2.08. The Balaban J connectivity index is 2.25. The fourth-order valence-corrected chi connectivity index (χ4v) is 2.87. The van der Waals surface area contributed by atoms with Crippen LogP contribution in [-0.2, 0) is 0 Å². The van der Waals surface area contributed by atoms with Crippen LogP contribution in [-0.4, -0.2) is 0 Å². The van der Waals surface area contributed by atoms with Gasteiger partial charge in [0.1, 0.15) is 0 Å². The summed E-state index contributed by atoms with van der Waals surface area (Å²) in [6.07, 6.45) is 0. The highest BCUT2D eigenvalue weighted by molar-refractivity contribution is 9.10. The van der Waals surface area contributed by atoms with Crippen LogP contribution in [0.2, 0.25) is 10.0 Å². The maximum atomic E-state index is 6.23. The zero-order chi connectivity index (χ0) is 14.0. The first-order chi connectivity index (χ1) is 8.99. The lowest BCUT2D eigenvalue weighted by atomic mass is 10.1. The van der Waals surface area contributed by atoms with E-state index in [-0.39, 0.29) is 6.04 Å². The quantitative estimate of drug-likeness (QED) is 0.684. The normalized spacial score (nSPS) is 12.3. The fraction of sp³-hybridized carbons (Fsp3) is 0.200. The van der Waals surface area contributed by atoms with Crippen LogP contribution in [0.3, 0.4) is 0 Å². The van der Waals surface area contributed by atoms with Crippen molar-refractivity contribution < 1.29 is 0 Å². The van der Waals surface area contributed by atoms with E-state index in [9.17, 15) is 0 Å². The molecule has 0 heterocycles. The SMILES string of the molecule is Cc1cccc(NC(C)c2ccc(Cl)cc2Cl)c1Br. The minimum absolute atomic E-state index is 0.0999. The molecular weight excluding hydrogens is 345 g/mol. The number of benzene rings is 2. The van der Waals surface area contributed by atoms with E-state index < -0.39 is 0 Å². The first kappa shape index (κ1) is 14.7. The zero-order valence-electron chi connectivity index (χ0n) is 10.7. The fourth-order valence-electron chi connectivity index (χ4n) is 1.92. The molecule has 4 heteroatoms. The number of halogens is 3. The third kappa shape index (κ3) is 3.44. The number of aryl methyl sites for hydroxylation is 1. The van der Waals surface area contributed by atoms with Crippen LogP contribution >= 0.6 is 39.1 Å².